The van der Waals surface area contributed by atoms with Crippen molar-refractivity contribution in [2.45, 2.75) is 25.4 Å². The molecule has 0 radical (unpaired) electrons. The predicted molar refractivity (Wildman–Crippen MR) is 113 cm³/mol. The molecule has 0 saturated carbocycles. The molecule has 1 heterocycles. The number of likely N-dealkylation sites (tertiary alicyclic amines) is 1. The molecule has 1 amide bonds. The molecule has 1 aliphatic heterocycles. The Morgan fingerprint density at radius 3 is 2.48 bits per heavy atom. The zero-order valence-corrected chi connectivity index (χ0v) is 17.9. The summed E-state index contributed by atoms with van der Waals surface area (Å²) < 4.78 is 6.50. The Balaban J connectivity index is 1.39. The van der Waals surface area contributed by atoms with Gasteiger partial charge in [-0.2, -0.15) is 0 Å². The van der Waals surface area contributed by atoms with Gasteiger partial charge in [-0.05, 0) is 54.8 Å². The molecule has 144 valence electrons. The molecule has 2 aromatic rings. The number of carbonyl (C=O) groups is 1. The highest BCUT2D eigenvalue weighted by Gasteiger charge is 2.21. The highest BCUT2D eigenvalue weighted by atomic mass is 79.9. The number of hydrogen-bond acceptors (Lipinski definition) is 3. The molecule has 7 heteroatoms. The van der Waals surface area contributed by atoms with Gasteiger partial charge < -0.3 is 10.1 Å². The molecule has 0 spiro atoms. The SMILES string of the molecule is O=C(COc1ccc(Br)cc1)NC1CCN(Cc2ccc(Cl)c(Cl)c2)CC1. The third-order valence-corrected chi connectivity index (χ3v) is 5.79. The number of piperidine rings is 1. The van der Waals surface area contributed by atoms with E-state index < -0.39 is 0 Å². The summed E-state index contributed by atoms with van der Waals surface area (Å²) >= 11 is 15.4. The molecule has 0 atom stereocenters. The molecule has 3 rings (SSSR count). The van der Waals surface area contributed by atoms with Crippen LogP contribution in [0.25, 0.3) is 0 Å². The number of carbonyl (C=O) groups excluding carboxylic acids is 1. The van der Waals surface area contributed by atoms with Gasteiger partial charge in [0.1, 0.15) is 5.75 Å². The van der Waals surface area contributed by atoms with E-state index in [1.54, 1.807) is 0 Å². The minimum Gasteiger partial charge on any atom is -0.484 e. The summed E-state index contributed by atoms with van der Waals surface area (Å²) in [6.07, 6.45) is 1.84. The number of hydrogen-bond donors (Lipinski definition) is 1. The van der Waals surface area contributed by atoms with E-state index in [1.807, 2.05) is 42.5 Å². The third kappa shape index (κ3) is 6.39. The maximum absolute atomic E-state index is 12.1. The second-order valence-corrected chi connectivity index (χ2v) is 8.34. The summed E-state index contributed by atoms with van der Waals surface area (Å²) in [5, 5.41) is 4.22. The number of amides is 1. The fourth-order valence-corrected chi connectivity index (χ4v) is 3.67. The van der Waals surface area contributed by atoms with E-state index in [-0.39, 0.29) is 18.6 Å². The van der Waals surface area contributed by atoms with Gasteiger partial charge in [-0.1, -0.05) is 45.2 Å². The molecule has 1 saturated heterocycles. The van der Waals surface area contributed by atoms with Crippen molar-refractivity contribution >= 4 is 45.0 Å². The van der Waals surface area contributed by atoms with Crippen LogP contribution in [-0.4, -0.2) is 36.5 Å². The van der Waals surface area contributed by atoms with Crippen molar-refractivity contribution in [2.24, 2.45) is 0 Å². The molecule has 0 aromatic heterocycles. The van der Waals surface area contributed by atoms with E-state index >= 15 is 0 Å². The summed E-state index contributed by atoms with van der Waals surface area (Å²) in [5.41, 5.74) is 1.15. The van der Waals surface area contributed by atoms with E-state index in [1.165, 1.54) is 0 Å². The van der Waals surface area contributed by atoms with Crippen molar-refractivity contribution in [1.82, 2.24) is 10.2 Å². The monoisotopic (exact) mass is 470 g/mol. The molecule has 0 unspecified atom stereocenters. The van der Waals surface area contributed by atoms with E-state index in [4.69, 9.17) is 27.9 Å². The number of nitrogens with zero attached hydrogens (tertiary/aromatic N) is 1. The first-order valence-electron chi connectivity index (χ1n) is 8.83. The Labute approximate surface area is 177 Å². The molecule has 1 aliphatic rings. The van der Waals surface area contributed by atoms with Crippen LogP contribution in [0.1, 0.15) is 18.4 Å². The largest absolute Gasteiger partial charge is 0.484 e. The molecular weight excluding hydrogens is 451 g/mol. The van der Waals surface area contributed by atoms with Crippen molar-refractivity contribution < 1.29 is 9.53 Å². The smallest absolute Gasteiger partial charge is 0.258 e. The van der Waals surface area contributed by atoms with Gasteiger partial charge in [-0.3, -0.25) is 9.69 Å². The van der Waals surface area contributed by atoms with Gasteiger partial charge in [-0.15, -0.1) is 0 Å². The van der Waals surface area contributed by atoms with Crippen LogP contribution in [0.4, 0.5) is 0 Å². The van der Waals surface area contributed by atoms with Crippen molar-refractivity contribution in [3.63, 3.8) is 0 Å². The van der Waals surface area contributed by atoms with E-state index in [0.29, 0.717) is 15.8 Å². The third-order valence-electron chi connectivity index (χ3n) is 4.53. The van der Waals surface area contributed by atoms with Crippen LogP contribution in [0.5, 0.6) is 5.75 Å². The summed E-state index contributed by atoms with van der Waals surface area (Å²) in [5.74, 6) is 0.602. The average molecular weight is 472 g/mol. The molecule has 1 N–H and O–H groups in total. The minimum absolute atomic E-state index is 0.0329. The highest BCUT2D eigenvalue weighted by Crippen LogP contribution is 2.24. The quantitative estimate of drug-likeness (QED) is 0.650. The second-order valence-electron chi connectivity index (χ2n) is 6.61. The van der Waals surface area contributed by atoms with E-state index in [0.717, 1.165) is 42.5 Å². The highest BCUT2D eigenvalue weighted by molar-refractivity contribution is 9.10. The number of halogens is 3. The first-order chi connectivity index (χ1) is 13.0. The van der Waals surface area contributed by atoms with Gasteiger partial charge in [0.05, 0.1) is 10.0 Å². The lowest BCUT2D eigenvalue weighted by Crippen LogP contribution is -2.45. The maximum Gasteiger partial charge on any atom is 0.258 e. The summed E-state index contributed by atoms with van der Waals surface area (Å²) in [6.45, 7) is 2.73. The van der Waals surface area contributed by atoms with Crippen molar-refractivity contribution in [3.05, 3.63) is 62.5 Å². The molecule has 27 heavy (non-hydrogen) atoms. The number of benzene rings is 2. The minimum atomic E-state index is -0.0825. The average Bonchev–Trinajstić information content (AvgIpc) is 2.66. The Morgan fingerprint density at radius 1 is 1.11 bits per heavy atom. The lowest BCUT2D eigenvalue weighted by molar-refractivity contribution is -0.124. The predicted octanol–water partition coefficient (Wildman–Crippen LogP) is 4.92. The molecule has 0 bridgehead atoms. The number of ether oxygens (including phenoxy) is 1. The topological polar surface area (TPSA) is 41.6 Å². The van der Waals surface area contributed by atoms with Gasteiger partial charge in [-0.25, -0.2) is 0 Å². The lowest BCUT2D eigenvalue weighted by atomic mass is 10.0. The van der Waals surface area contributed by atoms with Gasteiger partial charge >= 0.3 is 0 Å². The van der Waals surface area contributed by atoms with Crippen molar-refractivity contribution in [3.8, 4) is 5.75 Å². The van der Waals surface area contributed by atoms with Crippen LogP contribution in [0.3, 0.4) is 0 Å². The van der Waals surface area contributed by atoms with Gasteiger partial charge in [0.15, 0.2) is 6.61 Å². The summed E-state index contributed by atoms with van der Waals surface area (Å²) in [7, 11) is 0. The van der Waals surface area contributed by atoms with Crippen LogP contribution >= 0.6 is 39.1 Å². The van der Waals surface area contributed by atoms with Crippen LogP contribution in [0.2, 0.25) is 10.0 Å². The molecule has 0 aliphatic carbocycles. The molecule has 2 aromatic carbocycles. The molecule has 1 fully saturated rings. The van der Waals surface area contributed by atoms with Crippen LogP contribution in [-0.2, 0) is 11.3 Å². The van der Waals surface area contributed by atoms with E-state index in [2.05, 4.69) is 26.1 Å². The van der Waals surface area contributed by atoms with Gasteiger partial charge in [0, 0.05) is 30.1 Å². The van der Waals surface area contributed by atoms with E-state index in [9.17, 15) is 4.79 Å². The first-order valence-corrected chi connectivity index (χ1v) is 10.4. The van der Waals surface area contributed by atoms with Gasteiger partial charge in [0.2, 0.25) is 0 Å². The van der Waals surface area contributed by atoms with Crippen LogP contribution in [0.15, 0.2) is 46.9 Å². The molecule has 4 nitrogen and oxygen atoms in total. The second kappa shape index (κ2) is 9.78. The normalized spacial score (nSPS) is 15.5. The van der Waals surface area contributed by atoms with Crippen molar-refractivity contribution in [2.75, 3.05) is 19.7 Å². The van der Waals surface area contributed by atoms with Crippen molar-refractivity contribution in [1.29, 1.82) is 0 Å². The Hall–Kier alpha value is -1.27. The summed E-state index contributed by atoms with van der Waals surface area (Å²) in [6, 6.07) is 13.4. The zero-order valence-electron chi connectivity index (χ0n) is 14.8. The number of nitrogens with one attached hydrogen (secondary N) is 1. The van der Waals surface area contributed by atoms with Crippen LogP contribution < -0.4 is 10.1 Å². The fraction of sp³-hybridized carbons (Fsp3) is 0.350. The van der Waals surface area contributed by atoms with Gasteiger partial charge in [0.25, 0.3) is 5.91 Å². The Bertz CT molecular complexity index is 778. The zero-order chi connectivity index (χ0) is 19.2. The first kappa shape index (κ1) is 20.5. The Kier molecular flexibility index (Phi) is 7.41. The Morgan fingerprint density at radius 2 is 1.81 bits per heavy atom. The fourth-order valence-electron chi connectivity index (χ4n) is 3.08. The lowest BCUT2D eigenvalue weighted by Gasteiger charge is -2.32. The standard InChI is InChI=1S/C20H21BrCl2N2O2/c21-15-2-4-17(5-3-15)27-13-20(26)24-16-7-9-25(10-8-16)12-14-1-6-18(22)19(23)11-14/h1-6,11,16H,7-10,12-13H2,(H,24,26). The van der Waals surface area contributed by atoms with Crippen LogP contribution in [0, 0.1) is 0 Å². The number of rotatable bonds is 6. The summed E-state index contributed by atoms with van der Waals surface area (Å²) in [4.78, 5) is 14.5. The maximum atomic E-state index is 12.1. The molecular formula is C20H21BrCl2N2O2.